The standard InChI is InChI=1S/C19H19N5O3/c25-19(14-4-3-5-15(12-14)24(26)27)23-10-8-22(9-11-23)13-18-20-16-6-1-2-7-17(16)21-18/h1-7,12H,8-11,13H2,(H,20,21). The molecule has 1 amide bonds. The van der Waals surface area contributed by atoms with Gasteiger partial charge in [0.05, 0.1) is 22.5 Å². The van der Waals surface area contributed by atoms with E-state index in [0.29, 0.717) is 25.2 Å². The smallest absolute Gasteiger partial charge is 0.270 e. The lowest BCUT2D eigenvalue weighted by atomic mass is 10.1. The van der Waals surface area contributed by atoms with Crippen molar-refractivity contribution in [2.24, 2.45) is 0 Å². The third kappa shape index (κ3) is 3.65. The molecule has 27 heavy (non-hydrogen) atoms. The van der Waals surface area contributed by atoms with Crippen molar-refractivity contribution in [1.29, 1.82) is 0 Å². The van der Waals surface area contributed by atoms with Crippen LogP contribution in [0.4, 0.5) is 5.69 Å². The number of non-ortho nitro benzene ring substituents is 1. The molecular weight excluding hydrogens is 346 g/mol. The average Bonchev–Trinajstić information content (AvgIpc) is 3.10. The third-order valence-electron chi connectivity index (χ3n) is 4.78. The van der Waals surface area contributed by atoms with Crippen LogP contribution in [0.25, 0.3) is 11.0 Å². The van der Waals surface area contributed by atoms with Gasteiger partial charge in [0.25, 0.3) is 11.6 Å². The van der Waals surface area contributed by atoms with Crippen molar-refractivity contribution < 1.29 is 9.72 Å². The maximum absolute atomic E-state index is 12.6. The number of carbonyl (C=O) groups is 1. The number of nitrogens with one attached hydrogen (secondary N) is 1. The number of nitrogens with zero attached hydrogens (tertiary/aromatic N) is 4. The number of hydrogen-bond donors (Lipinski definition) is 1. The molecule has 0 unspecified atom stereocenters. The van der Waals surface area contributed by atoms with Crippen molar-refractivity contribution in [3.05, 3.63) is 70.0 Å². The lowest BCUT2D eigenvalue weighted by molar-refractivity contribution is -0.384. The molecule has 0 aliphatic carbocycles. The van der Waals surface area contributed by atoms with Gasteiger partial charge in [-0.15, -0.1) is 0 Å². The first kappa shape index (κ1) is 17.2. The van der Waals surface area contributed by atoms with E-state index in [9.17, 15) is 14.9 Å². The van der Waals surface area contributed by atoms with E-state index in [4.69, 9.17) is 0 Å². The molecule has 0 radical (unpaired) electrons. The number of para-hydroxylation sites is 2. The van der Waals surface area contributed by atoms with Crippen LogP contribution in [0.5, 0.6) is 0 Å². The van der Waals surface area contributed by atoms with Crippen molar-refractivity contribution in [3.63, 3.8) is 0 Å². The number of imidazole rings is 1. The van der Waals surface area contributed by atoms with Gasteiger partial charge in [-0.05, 0) is 18.2 Å². The van der Waals surface area contributed by atoms with Crippen LogP contribution in [0.2, 0.25) is 0 Å². The van der Waals surface area contributed by atoms with Crippen LogP contribution in [0, 0.1) is 10.1 Å². The van der Waals surface area contributed by atoms with Gasteiger partial charge < -0.3 is 9.88 Å². The number of benzene rings is 2. The molecule has 4 rings (SSSR count). The van der Waals surface area contributed by atoms with Crippen LogP contribution in [-0.2, 0) is 6.54 Å². The highest BCUT2D eigenvalue weighted by molar-refractivity contribution is 5.94. The molecule has 0 spiro atoms. The predicted molar refractivity (Wildman–Crippen MR) is 100 cm³/mol. The first-order valence-corrected chi connectivity index (χ1v) is 8.80. The Morgan fingerprint density at radius 1 is 1.11 bits per heavy atom. The Balaban J connectivity index is 1.37. The van der Waals surface area contributed by atoms with Gasteiger partial charge in [-0.25, -0.2) is 4.98 Å². The molecule has 1 aromatic heterocycles. The molecule has 3 aromatic rings. The minimum Gasteiger partial charge on any atom is -0.341 e. The number of nitro groups is 1. The summed E-state index contributed by atoms with van der Waals surface area (Å²) in [4.78, 5) is 34.9. The van der Waals surface area contributed by atoms with Gasteiger partial charge in [-0.3, -0.25) is 19.8 Å². The van der Waals surface area contributed by atoms with Crippen molar-refractivity contribution >= 4 is 22.6 Å². The van der Waals surface area contributed by atoms with E-state index in [1.807, 2.05) is 24.3 Å². The fraction of sp³-hybridized carbons (Fsp3) is 0.263. The van der Waals surface area contributed by atoms with E-state index < -0.39 is 4.92 Å². The van der Waals surface area contributed by atoms with E-state index in [1.165, 1.54) is 12.1 Å². The zero-order valence-corrected chi connectivity index (χ0v) is 14.7. The first-order valence-electron chi connectivity index (χ1n) is 8.80. The summed E-state index contributed by atoms with van der Waals surface area (Å²) in [6, 6.07) is 13.8. The number of H-pyrrole nitrogens is 1. The number of aromatic nitrogens is 2. The summed E-state index contributed by atoms with van der Waals surface area (Å²) in [5.41, 5.74) is 2.26. The van der Waals surface area contributed by atoms with Crippen LogP contribution in [0.1, 0.15) is 16.2 Å². The van der Waals surface area contributed by atoms with E-state index in [1.54, 1.807) is 17.0 Å². The molecule has 1 N–H and O–H groups in total. The zero-order chi connectivity index (χ0) is 18.8. The minimum absolute atomic E-state index is 0.0654. The quantitative estimate of drug-likeness (QED) is 0.566. The Kier molecular flexibility index (Phi) is 4.55. The van der Waals surface area contributed by atoms with Crippen molar-refractivity contribution in [1.82, 2.24) is 19.8 Å². The number of carbonyl (C=O) groups excluding carboxylic acids is 1. The Labute approximate surface area is 155 Å². The van der Waals surface area contributed by atoms with Crippen LogP contribution in [-0.4, -0.2) is 56.8 Å². The van der Waals surface area contributed by atoms with Gasteiger partial charge in [0, 0.05) is 43.9 Å². The highest BCUT2D eigenvalue weighted by Crippen LogP contribution is 2.17. The van der Waals surface area contributed by atoms with Crippen molar-refractivity contribution in [2.45, 2.75) is 6.54 Å². The zero-order valence-electron chi connectivity index (χ0n) is 14.7. The molecule has 138 valence electrons. The predicted octanol–water partition coefficient (Wildman–Crippen LogP) is 2.43. The normalized spacial score (nSPS) is 15.2. The van der Waals surface area contributed by atoms with Crippen LogP contribution in [0.15, 0.2) is 48.5 Å². The largest absolute Gasteiger partial charge is 0.341 e. The highest BCUT2D eigenvalue weighted by atomic mass is 16.6. The molecule has 1 saturated heterocycles. The van der Waals surface area contributed by atoms with Gasteiger partial charge in [-0.1, -0.05) is 18.2 Å². The molecule has 0 atom stereocenters. The molecule has 1 aliphatic heterocycles. The summed E-state index contributed by atoms with van der Waals surface area (Å²) in [5.74, 6) is 0.747. The number of hydrogen-bond acceptors (Lipinski definition) is 5. The van der Waals surface area contributed by atoms with Crippen molar-refractivity contribution in [2.75, 3.05) is 26.2 Å². The first-order chi connectivity index (χ1) is 13.1. The van der Waals surface area contributed by atoms with Gasteiger partial charge in [0.1, 0.15) is 5.82 Å². The van der Waals surface area contributed by atoms with E-state index in [-0.39, 0.29) is 11.6 Å². The number of piperazine rings is 1. The number of fused-ring (bicyclic) bond motifs is 1. The SMILES string of the molecule is O=C(c1cccc([N+](=O)[O-])c1)N1CCN(Cc2nc3ccccc3[nH]2)CC1. The highest BCUT2D eigenvalue weighted by Gasteiger charge is 2.23. The second-order valence-electron chi connectivity index (χ2n) is 6.58. The van der Waals surface area contributed by atoms with E-state index in [0.717, 1.165) is 29.9 Å². The van der Waals surface area contributed by atoms with Gasteiger partial charge in [0.15, 0.2) is 0 Å². The fourth-order valence-electron chi connectivity index (χ4n) is 3.34. The maximum atomic E-state index is 12.6. The van der Waals surface area contributed by atoms with Gasteiger partial charge >= 0.3 is 0 Å². The third-order valence-corrected chi connectivity index (χ3v) is 4.78. The summed E-state index contributed by atoms with van der Waals surface area (Å²) < 4.78 is 0. The average molecular weight is 365 g/mol. The molecule has 0 bridgehead atoms. The summed E-state index contributed by atoms with van der Waals surface area (Å²) in [6.45, 7) is 3.34. The lowest BCUT2D eigenvalue weighted by Crippen LogP contribution is -2.48. The Hall–Kier alpha value is -3.26. The molecular formula is C19H19N5O3. The Morgan fingerprint density at radius 2 is 1.89 bits per heavy atom. The van der Waals surface area contributed by atoms with Crippen LogP contribution in [0.3, 0.4) is 0 Å². The number of aromatic amines is 1. The topological polar surface area (TPSA) is 95.4 Å². The maximum Gasteiger partial charge on any atom is 0.270 e. The summed E-state index contributed by atoms with van der Waals surface area (Å²) in [7, 11) is 0. The molecule has 1 fully saturated rings. The second kappa shape index (κ2) is 7.16. The second-order valence-corrected chi connectivity index (χ2v) is 6.58. The summed E-state index contributed by atoms with van der Waals surface area (Å²) >= 11 is 0. The molecule has 1 aliphatic rings. The number of rotatable bonds is 4. The van der Waals surface area contributed by atoms with Gasteiger partial charge in [0.2, 0.25) is 0 Å². The Bertz CT molecular complexity index is 959. The van der Waals surface area contributed by atoms with Crippen LogP contribution < -0.4 is 0 Å². The van der Waals surface area contributed by atoms with Crippen LogP contribution >= 0.6 is 0 Å². The lowest BCUT2D eigenvalue weighted by Gasteiger charge is -2.34. The van der Waals surface area contributed by atoms with E-state index >= 15 is 0 Å². The molecule has 8 nitrogen and oxygen atoms in total. The van der Waals surface area contributed by atoms with Gasteiger partial charge in [-0.2, -0.15) is 0 Å². The molecule has 2 aromatic carbocycles. The monoisotopic (exact) mass is 365 g/mol. The van der Waals surface area contributed by atoms with Crippen molar-refractivity contribution in [3.8, 4) is 0 Å². The fourth-order valence-corrected chi connectivity index (χ4v) is 3.34. The Morgan fingerprint density at radius 3 is 2.63 bits per heavy atom. The molecule has 2 heterocycles. The van der Waals surface area contributed by atoms with E-state index in [2.05, 4.69) is 14.9 Å². The minimum atomic E-state index is -0.484. The number of amides is 1. The number of nitro benzene ring substituents is 1. The molecule has 8 heteroatoms. The molecule has 0 saturated carbocycles. The summed E-state index contributed by atoms with van der Waals surface area (Å²) in [6.07, 6.45) is 0. The summed E-state index contributed by atoms with van der Waals surface area (Å²) in [5, 5.41) is 10.9.